The van der Waals surface area contributed by atoms with Crippen molar-refractivity contribution < 1.29 is 55.5 Å². The molecule has 380 valence electrons. The van der Waals surface area contributed by atoms with Crippen LogP contribution in [0.4, 0.5) is 34.1 Å². The fraction of sp³-hybridized carbons (Fsp3) is 0.115. The standard InChI is InChI=1S/2C26H22ClN3O6S.Ba/c2*1-3-36-23-11-7-6-10-21(23)28-26(32)19-12-16-8-4-5-9-18(16)24(25(19)31)30-29-22-14-17(37(33,34)35)13-20(27)15(22)2;/h2*4-14,31H,3H2,1-2H3,(H,28,32)(H,33,34,35);/q;;+2/p-2. The smallest absolute Gasteiger partial charge is 0.871 e. The van der Waals surface area contributed by atoms with Gasteiger partial charge in [-0.2, -0.15) is 32.2 Å². The molecule has 0 heterocycles. The number of carbonyl (C=O) groups is 1. The molecule has 0 saturated carbocycles. The van der Waals surface area contributed by atoms with E-state index < -0.39 is 53.3 Å². The maximum atomic E-state index is 13.4. The summed E-state index contributed by atoms with van der Waals surface area (Å²) in [5.41, 5.74) is 1.15. The SMILES string of the molecule is CCOc1ccccc1N=C([O-])c1cc2ccccc2c(N=Nc2cc(S(=O)(=O)O)cc(Cl)c2C)c1[O-].CCOc1ccccc1NC(=O)c1cc2ccccc2c(N=Nc2cc(S(=O)(=O)O)cc(Cl)c2C)c1O.[Ba+2]. The molecule has 75 heavy (non-hydrogen) atoms. The minimum Gasteiger partial charge on any atom is -0.871 e. The third kappa shape index (κ3) is 13.7. The number of carbonyl (C=O) groups excluding carboxylic acids is 1. The summed E-state index contributed by atoms with van der Waals surface area (Å²) in [5.74, 6) is -1.64. The van der Waals surface area contributed by atoms with Crippen molar-refractivity contribution >= 4 is 160 Å². The van der Waals surface area contributed by atoms with Crippen LogP contribution in [0, 0.1) is 13.8 Å². The van der Waals surface area contributed by atoms with E-state index in [0.29, 0.717) is 63.1 Å². The number of para-hydroxylation sites is 4. The minimum atomic E-state index is -4.56. The van der Waals surface area contributed by atoms with E-state index in [4.69, 9.17) is 32.7 Å². The molecule has 8 aromatic rings. The fourth-order valence-electron chi connectivity index (χ4n) is 7.19. The Morgan fingerprint density at radius 1 is 0.613 bits per heavy atom. The average Bonchev–Trinajstić information content (AvgIpc) is 3.36. The molecule has 23 heteroatoms. The van der Waals surface area contributed by atoms with Gasteiger partial charge in [0.05, 0.1) is 51.3 Å². The molecule has 0 aliphatic heterocycles. The van der Waals surface area contributed by atoms with Gasteiger partial charge in [0, 0.05) is 20.8 Å². The van der Waals surface area contributed by atoms with Crippen molar-refractivity contribution in [1.82, 2.24) is 0 Å². The first kappa shape index (κ1) is 57.9. The van der Waals surface area contributed by atoms with Gasteiger partial charge >= 0.3 is 48.9 Å². The van der Waals surface area contributed by atoms with Gasteiger partial charge in [-0.25, -0.2) is 0 Å². The second-order valence-corrected chi connectivity index (χ2v) is 19.5. The zero-order valence-electron chi connectivity index (χ0n) is 40.1. The molecule has 0 spiro atoms. The van der Waals surface area contributed by atoms with Crippen LogP contribution >= 0.6 is 23.2 Å². The van der Waals surface area contributed by atoms with Gasteiger partial charge in [0.2, 0.25) is 0 Å². The van der Waals surface area contributed by atoms with E-state index in [2.05, 4.69) is 30.8 Å². The van der Waals surface area contributed by atoms with Gasteiger partial charge < -0.3 is 30.1 Å². The van der Waals surface area contributed by atoms with Gasteiger partial charge in [0.1, 0.15) is 22.9 Å². The molecule has 0 fully saturated rings. The fourth-order valence-corrected chi connectivity index (χ4v) is 8.80. The summed E-state index contributed by atoms with van der Waals surface area (Å²) in [5, 5.41) is 58.9. The number of halogens is 2. The summed E-state index contributed by atoms with van der Waals surface area (Å²) in [6.07, 6.45) is 0. The predicted octanol–water partition coefficient (Wildman–Crippen LogP) is 11.8. The Morgan fingerprint density at radius 2 is 1.07 bits per heavy atom. The minimum absolute atomic E-state index is 0. The van der Waals surface area contributed by atoms with Crippen LogP contribution in [0.1, 0.15) is 40.9 Å². The van der Waals surface area contributed by atoms with Gasteiger partial charge in [-0.05, 0) is 122 Å². The first-order valence-electron chi connectivity index (χ1n) is 22.1. The van der Waals surface area contributed by atoms with Crippen molar-refractivity contribution in [3.8, 4) is 23.0 Å². The van der Waals surface area contributed by atoms with Crippen LogP contribution in [-0.2, 0) is 20.2 Å². The second kappa shape index (κ2) is 25.0. The zero-order valence-corrected chi connectivity index (χ0v) is 47.7. The van der Waals surface area contributed by atoms with Crippen LogP contribution in [0.3, 0.4) is 0 Å². The van der Waals surface area contributed by atoms with Crippen LogP contribution in [0.25, 0.3) is 21.5 Å². The third-order valence-electron chi connectivity index (χ3n) is 11.0. The average molecular weight is 1220 g/mol. The van der Waals surface area contributed by atoms with Crippen molar-refractivity contribution in [3.63, 3.8) is 0 Å². The van der Waals surface area contributed by atoms with E-state index in [0.717, 1.165) is 24.3 Å². The number of hydrogen-bond acceptors (Lipinski definition) is 15. The molecular formula is C52H42BaCl2N6O12S2. The van der Waals surface area contributed by atoms with Gasteiger partial charge in [-0.3, -0.25) is 18.9 Å². The van der Waals surface area contributed by atoms with Crippen LogP contribution in [0.5, 0.6) is 23.0 Å². The van der Waals surface area contributed by atoms with Crippen molar-refractivity contribution in [2.24, 2.45) is 25.4 Å². The Hall–Kier alpha value is -6.41. The number of hydrogen-bond donors (Lipinski definition) is 4. The van der Waals surface area contributed by atoms with Crippen LogP contribution in [0.2, 0.25) is 10.0 Å². The monoisotopic (exact) mass is 1210 g/mol. The number of rotatable bonds is 14. The Labute approximate surface area is 481 Å². The molecule has 0 atom stereocenters. The van der Waals surface area contributed by atoms with Crippen molar-refractivity contribution in [2.45, 2.75) is 37.5 Å². The number of fused-ring (bicyclic) bond motifs is 2. The van der Waals surface area contributed by atoms with Gasteiger partial charge in [0.25, 0.3) is 26.1 Å². The summed E-state index contributed by atoms with van der Waals surface area (Å²) < 4.78 is 76.3. The maximum absolute atomic E-state index is 13.4. The number of benzene rings is 8. The van der Waals surface area contributed by atoms with Crippen molar-refractivity contribution in [3.05, 3.63) is 166 Å². The van der Waals surface area contributed by atoms with E-state index in [1.54, 1.807) is 118 Å². The molecule has 0 radical (unpaired) electrons. The van der Waals surface area contributed by atoms with E-state index >= 15 is 0 Å². The number of ether oxygens (including phenoxy) is 2. The zero-order chi connectivity index (χ0) is 53.5. The first-order chi connectivity index (χ1) is 35.2. The summed E-state index contributed by atoms with van der Waals surface area (Å²) in [6.45, 7) is 7.58. The Bertz CT molecular complexity index is 3830. The molecule has 0 bridgehead atoms. The number of amides is 1. The summed E-state index contributed by atoms with van der Waals surface area (Å²) in [4.78, 5) is 16.4. The molecule has 0 unspecified atom stereocenters. The molecule has 8 rings (SSSR count). The van der Waals surface area contributed by atoms with E-state index in [-0.39, 0.29) is 98.5 Å². The van der Waals surface area contributed by atoms with Crippen LogP contribution in [-0.4, -0.2) is 105 Å². The molecule has 0 aliphatic carbocycles. The number of anilines is 1. The van der Waals surface area contributed by atoms with Crippen molar-refractivity contribution in [2.75, 3.05) is 18.5 Å². The van der Waals surface area contributed by atoms with Gasteiger partial charge in [-0.15, -0.1) is 5.11 Å². The number of nitrogens with zero attached hydrogens (tertiary/aromatic N) is 5. The summed E-state index contributed by atoms with van der Waals surface area (Å²) >= 11 is 12.2. The molecule has 1 amide bonds. The van der Waals surface area contributed by atoms with Crippen molar-refractivity contribution in [1.29, 1.82) is 0 Å². The normalized spacial score (nSPS) is 11.9. The third-order valence-corrected chi connectivity index (χ3v) is 13.4. The maximum Gasteiger partial charge on any atom is 2.00 e. The predicted molar refractivity (Wildman–Crippen MR) is 284 cm³/mol. The van der Waals surface area contributed by atoms with Gasteiger partial charge in [0.15, 0.2) is 5.75 Å². The number of phenolic OH excluding ortho intramolecular Hbond substituents is 1. The van der Waals surface area contributed by atoms with E-state index in [1.807, 2.05) is 6.92 Å². The van der Waals surface area contributed by atoms with Crippen LogP contribution < -0.4 is 25.0 Å². The van der Waals surface area contributed by atoms with E-state index in [9.17, 15) is 46.1 Å². The number of aliphatic imine (C=N–C) groups is 1. The Balaban J connectivity index is 0.000000241. The quantitative estimate of drug-likeness (QED) is 0.0260. The summed E-state index contributed by atoms with van der Waals surface area (Å²) in [6, 6.07) is 34.7. The molecule has 0 aliphatic rings. The largest absolute Gasteiger partial charge is 2.00 e. The molecule has 4 N–H and O–H groups in total. The topological polar surface area (TPSA) is 284 Å². The number of azo groups is 2. The Morgan fingerprint density at radius 3 is 1.61 bits per heavy atom. The molecule has 18 nitrogen and oxygen atoms in total. The number of phenols is 1. The van der Waals surface area contributed by atoms with Crippen LogP contribution in [0.15, 0.2) is 169 Å². The molecule has 0 aromatic heterocycles. The molecular weight excluding hydrogens is 1170 g/mol. The first-order valence-corrected chi connectivity index (χ1v) is 25.7. The second-order valence-electron chi connectivity index (χ2n) is 15.8. The van der Waals surface area contributed by atoms with Gasteiger partial charge in [-0.1, -0.05) is 102 Å². The molecule has 8 aromatic carbocycles. The summed E-state index contributed by atoms with van der Waals surface area (Å²) in [7, 11) is -9.11. The number of nitrogens with one attached hydrogen (secondary N) is 1. The Kier molecular flexibility index (Phi) is 19.3. The molecule has 0 saturated heterocycles. The number of aromatic hydroxyl groups is 1. The van der Waals surface area contributed by atoms with E-state index in [1.165, 1.54) is 12.1 Å².